The first kappa shape index (κ1) is 7.66. The van der Waals surface area contributed by atoms with E-state index >= 15 is 0 Å². The second-order valence-corrected chi connectivity index (χ2v) is 2.61. The average molecular weight is 176 g/mol. The molecule has 0 saturated heterocycles. The lowest BCUT2D eigenvalue weighted by molar-refractivity contribution is 0.806. The van der Waals surface area contributed by atoms with Crippen LogP contribution in [-0.4, -0.2) is 24.7 Å². The van der Waals surface area contributed by atoms with E-state index in [0.717, 1.165) is 5.56 Å². The minimum Gasteiger partial charge on any atom is -0.366 e. The molecule has 13 heavy (non-hydrogen) atoms. The van der Waals surface area contributed by atoms with Crippen LogP contribution in [0.25, 0.3) is 5.95 Å². The Morgan fingerprint density at radius 1 is 1.23 bits per heavy atom. The molecule has 0 unspecified atom stereocenters. The highest BCUT2D eigenvalue weighted by Gasteiger charge is 2.00. The van der Waals surface area contributed by atoms with E-state index in [0.29, 0.717) is 5.95 Å². The molecule has 0 radical (unpaired) electrons. The molecule has 0 aliphatic carbocycles. The van der Waals surface area contributed by atoms with Crippen molar-refractivity contribution >= 4 is 5.95 Å². The normalized spacial score (nSPS) is 10.2. The highest BCUT2D eigenvalue weighted by molar-refractivity contribution is 5.16. The predicted octanol–water partition coefficient (Wildman–Crippen LogP) is -0.0521. The Balaban J connectivity index is 2.41. The van der Waals surface area contributed by atoms with Gasteiger partial charge in [0.05, 0.1) is 0 Å². The van der Waals surface area contributed by atoms with E-state index in [1.54, 1.807) is 12.4 Å². The minimum atomic E-state index is 0.212. The summed E-state index contributed by atoms with van der Waals surface area (Å²) in [6.45, 7) is 1.92. The summed E-state index contributed by atoms with van der Waals surface area (Å²) in [4.78, 5) is 11.9. The molecule has 6 nitrogen and oxygen atoms in total. The summed E-state index contributed by atoms with van der Waals surface area (Å²) in [6, 6.07) is 0. The fraction of sp³-hybridized carbons (Fsp3) is 0.143. The van der Waals surface area contributed by atoms with Gasteiger partial charge in [-0.3, -0.25) is 0 Å². The number of hydrogen-bond donors (Lipinski definition) is 1. The van der Waals surface area contributed by atoms with Gasteiger partial charge in [-0.15, -0.1) is 5.10 Å². The highest BCUT2D eigenvalue weighted by Crippen LogP contribution is 1.99. The Labute approximate surface area is 74.5 Å². The van der Waals surface area contributed by atoms with Gasteiger partial charge in [-0.2, -0.15) is 4.68 Å². The lowest BCUT2D eigenvalue weighted by Crippen LogP contribution is -2.01. The average Bonchev–Trinajstić information content (AvgIpc) is 2.53. The number of aryl methyl sites for hydroxylation is 1. The maximum atomic E-state index is 5.35. The molecule has 0 spiro atoms. The van der Waals surface area contributed by atoms with Gasteiger partial charge in [-0.05, 0) is 12.5 Å². The summed E-state index contributed by atoms with van der Waals surface area (Å²) in [7, 11) is 0. The molecule has 0 saturated carbocycles. The van der Waals surface area contributed by atoms with E-state index in [9.17, 15) is 0 Å². The van der Waals surface area contributed by atoms with E-state index < -0.39 is 0 Å². The maximum Gasteiger partial charge on any atom is 0.252 e. The van der Waals surface area contributed by atoms with Crippen LogP contribution in [0.3, 0.4) is 0 Å². The molecule has 2 heterocycles. The fourth-order valence-corrected chi connectivity index (χ4v) is 0.876. The summed E-state index contributed by atoms with van der Waals surface area (Å²) in [6.07, 6.45) is 4.89. The molecule has 0 bridgehead atoms. The second-order valence-electron chi connectivity index (χ2n) is 2.61. The number of rotatable bonds is 1. The molecule has 0 aliphatic rings. The molecule has 0 atom stereocenters. The maximum absolute atomic E-state index is 5.35. The van der Waals surface area contributed by atoms with Crippen LogP contribution in [0.2, 0.25) is 0 Å². The Kier molecular flexibility index (Phi) is 1.66. The Morgan fingerprint density at radius 2 is 1.92 bits per heavy atom. The summed E-state index contributed by atoms with van der Waals surface area (Å²) in [5.74, 6) is 0.680. The third-order valence-electron chi connectivity index (χ3n) is 1.48. The zero-order valence-corrected chi connectivity index (χ0v) is 7.05. The molecule has 2 aromatic rings. The van der Waals surface area contributed by atoms with Gasteiger partial charge in [-0.1, -0.05) is 0 Å². The van der Waals surface area contributed by atoms with Gasteiger partial charge in [0.15, 0.2) is 0 Å². The third-order valence-corrected chi connectivity index (χ3v) is 1.48. The number of hydrogen-bond acceptors (Lipinski definition) is 5. The van der Waals surface area contributed by atoms with E-state index in [1.807, 2.05) is 6.92 Å². The zero-order valence-electron chi connectivity index (χ0n) is 7.05. The van der Waals surface area contributed by atoms with Crippen molar-refractivity contribution in [3.8, 4) is 5.95 Å². The van der Waals surface area contributed by atoms with E-state index in [2.05, 4.69) is 20.1 Å². The smallest absolute Gasteiger partial charge is 0.252 e. The first-order valence-electron chi connectivity index (χ1n) is 3.72. The van der Waals surface area contributed by atoms with Crippen LogP contribution < -0.4 is 5.73 Å². The van der Waals surface area contributed by atoms with Crippen molar-refractivity contribution in [3.05, 3.63) is 24.3 Å². The molecule has 0 aromatic carbocycles. The van der Waals surface area contributed by atoms with Crippen LogP contribution in [-0.2, 0) is 0 Å². The van der Waals surface area contributed by atoms with Crippen LogP contribution in [0.4, 0.5) is 5.95 Å². The Bertz CT molecular complexity index is 403. The topological polar surface area (TPSA) is 82.5 Å². The van der Waals surface area contributed by atoms with Crippen LogP contribution >= 0.6 is 0 Å². The lowest BCUT2D eigenvalue weighted by Gasteiger charge is -1.96. The number of nitrogen functional groups attached to an aromatic ring is 1. The summed E-state index contributed by atoms with van der Waals surface area (Å²) in [5, 5.41) is 3.87. The summed E-state index contributed by atoms with van der Waals surface area (Å²) < 4.78 is 1.43. The van der Waals surface area contributed by atoms with Crippen molar-refractivity contribution in [2.75, 3.05) is 5.73 Å². The molecule has 2 rings (SSSR count). The lowest BCUT2D eigenvalue weighted by atomic mass is 10.4. The van der Waals surface area contributed by atoms with Crippen molar-refractivity contribution in [1.82, 2.24) is 24.7 Å². The van der Waals surface area contributed by atoms with Crippen LogP contribution in [0, 0.1) is 6.92 Å². The van der Waals surface area contributed by atoms with Gasteiger partial charge in [0.1, 0.15) is 6.33 Å². The molecular formula is C7H8N6. The first-order chi connectivity index (χ1) is 6.25. The van der Waals surface area contributed by atoms with E-state index in [-0.39, 0.29) is 5.95 Å². The SMILES string of the molecule is Cc1cnc(-n2cnc(N)n2)nc1. The minimum absolute atomic E-state index is 0.212. The molecule has 0 aliphatic heterocycles. The molecule has 6 heteroatoms. The van der Waals surface area contributed by atoms with E-state index in [4.69, 9.17) is 5.73 Å². The van der Waals surface area contributed by atoms with Gasteiger partial charge in [-0.25, -0.2) is 15.0 Å². The van der Waals surface area contributed by atoms with Gasteiger partial charge in [0, 0.05) is 12.4 Å². The van der Waals surface area contributed by atoms with Crippen LogP contribution in [0.15, 0.2) is 18.7 Å². The monoisotopic (exact) mass is 176 g/mol. The molecule has 0 fully saturated rings. The van der Waals surface area contributed by atoms with Gasteiger partial charge in [0.25, 0.3) is 5.95 Å². The summed E-state index contributed by atoms with van der Waals surface area (Å²) in [5.41, 5.74) is 6.34. The largest absolute Gasteiger partial charge is 0.366 e. The van der Waals surface area contributed by atoms with Gasteiger partial charge in [0.2, 0.25) is 5.95 Å². The summed E-state index contributed by atoms with van der Waals surface area (Å²) >= 11 is 0. The van der Waals surface area contributed by atoms with Crippen LogP contribution in [0.5, 0.6) is 0 Å². The zero-order chi connectivity index (χ0) is 9.26. The molecule has 2 aromatic heterocycles. The Morgan fingerprint density at radius 3 is 2.46 bits per heavy atom. The molecule has 66 valence electrons. The van der Waals surface area contributed by atoms with Gasteiger partial charge >= 0.3 is 0 Å². The van der Waals surface area contributed by atoms with Crippen molar-refractivity contribution < 1.29 is 0 Å². The number of nitrogens with zero attached hydrogens (tertiary/aromatic N) is 5. The molecular weight excluding hydrogens is 168 g/mol. The Hall–Kier alpha value is -1.98. The molecule has 2 N–H and O–H groups in total. The first-order valence-corrected chi connectivity index (χ1v) is 3.72. The number of anilines is 1. The van der Waals surface area contributed by atoms with Crippen LogP contribution in [0.1, 0.15) is 5.56 Å². The van der Waals surface area contributed by atoms with Crippen molar-refractivity contribution in [1.29, 1.82) is 0 Å². The van der Waals surface area contributed by atoms with Crippen molar-refractivity contribution in [2.24, 2.45) is 0 Å². The standard InChI is InChI=1S/C7H8N6/c1-5-2-9-7(10-3-5)13-4-11-6(8)12-13/h2-4H,1H3,(H2,8,12). The molecule has 0 amide bonds. The number of aromatic nitrogens is 5. The van der Waals surface area contributed by atoms with Gasteiger partial charge < -0.3 is 5.73 Å². The number of nitrogens with two attached hydrogens (primary N) is 1. The quantitative estimate of drug-likeness (QED) is 0.658. The van der Waals surface area contributed by atoms with Crippen molar-refractivity contribution in [3.63, 3.8) is 0 Å². The third kappa shape index (κ3) is 1.46. The van der Waals surface area contributed by atoms with E-state index in [1.165, 1.54) is 11.0 Å². The highest BCUT2D eigenvalue weighted by atomic mass is 15.4. The van der Waals surface area contributed by atoms with Crippen molar-refractivity contribution in [2.45, 2.75) is 6.92 Å². The second kappa shape index (κ2) is 2.81. The predicted molar refractivity (Wildman–Crippen MR) is 46.1 cm³/mol. The fourth-order valence-electron chi connectivity index (χ4n) is 0.876.